The van der Waals surface area contributed by atoms with E-state index in [1.807, 2.05) is 0 Å². The third-order valence-corrected chi connectivity index (χ3v) is 3.90. The summed E-state index contributed by atoms with van der Waals surface area (Å²) in [7, 11) is 0. The van der Waals surface area contributed by atoms with Gasteiger partial charge in [-0.05, 0) is 59.2 Å². The Hall–Kier alpha value is -0.550. The summed E-state index contributed by atoms with van der Waals surface area (Å²) in [5.41, 5.74) is 1.18. The Balaban J connectivity index is 2.09. The summed E-state index contributed by atoms with van der Waals surface area (Å²) in [6.07, 6.45) is 0. The second-order valence-corrected chi connectivity index (χ2v) is 5.62. The van der Waals surface area contributed by atoms with Gasteiger partial charge in [-0.15, -0.1) is 11.3 Å². The van der Waals surface area contributed by atoms with Gasteiger partial charge >= 0.3 is 0 Å². The van der Waals surface area contributed by atoms with Gasteiger partial charge in [-0.3, -0.25) is 0 Å². The summed E-state index contributed by atoms with van der Waals surface area (Å²) in [6, 6.07) is 13.1. The van der Waals surface area contributed by atoms with Crippen LogP contribution in [0.15, 0.2) is 41.8 Å². The lowest BCUT2D eigenvalue weighted by Gasteiger charge is -2.13. The molecule has 0 saturated carbocycles. The van der Waals surface area contributed by atoms with Crippen molar-refractivity contribution in [3.63, 3.8) is 0 Å². The molecule has 1 atom stereocenters. The van der Waals surface area contributed by atoms with E-state index in [4.69, 9.17) is 0 Å². The Kier molecular flexibility index (Phi) is 3.64. The molecular formula is C12H12INS. The number of benzene rings is 1. The standard InChI is InChI=1S/C12H12INS/c1-9(12-6-3-7-15-12)14-11-5-2-4-10(13)8-11/h2-9,14H,1H3. The third kappa shape index (κ3) is 2.95. The first-order valence-electron chi connectivity index (χ1n) is 4.81. The van der Waals surface area contributed by atoms with Crippen molar-refractivity contribution in [3.05, 3.63) is 50.2 Å². The van der Waals surface area contributed by atoms with Crippen LogP contribution < -0.4 is 5.32 Å². The molecule has 0 aliphatic rings. The van der Waals surface area contributed by atoms with Crippen LogP contribution in [0, 0.1) is 3.57 Å². The predicted octanol–water partition coefficient (Wildman–Crippen LogP) is 4.53. The van der Waals surface area contributed by atoms with Gasteiger partial charge in [0.2, 0.25) is 0 Å². The van der Waals surface area contributed by atoms with E-state index in [0.29, 0.717) is 6.04 Å². The van der Waals surface area contributed by atoms with E-state index < -0.39 is 0 Å². The van der Waals surface area contributed by atoms with Crippen LogP contribution in [0.25, 0.3) is 0 Å². The minimum absolute atomic E-state index is 0.378. The van der Waals surface area contributed by atoms with Crippen LogP contribution in [0.1, 0.15) is 17.8 Å². The minimum Gasteiger partial charge on any atom is -0.378 e. The highest BCUT2D eigenvalue weighted by Crippen LogP contribution is 2.23. The molecule has 2 rings (SSSR count). The van der Waals surface area contributed by atoms with Gasteiger partial charge in [0.1, 0.15) is 0 Å². The molecule has 0 fully saturated rings. The molecule has 2 aromatic rings. The fourth-order valence-electron chi connectivity index (χ4n) is 1.44. The third-order valence-electron chi connectivity index (χ3n) is 2.18. The summed E-state index contributed by atoms with van der Waals surface area (Å²) in [5.74, 6) is 0. The van der Waals surface area contributed by atoms with Crippen LogP contribution in [0.5, 0.6) is 0 Å². The topological polar surface area (TPSA) is 12.0 Å². The number of anilines is 1. The fourth-order valence-corrected chi connectivity index (χ4v) is 2.71. The lowest BCUT2D eigenvalue weighted by molar-refractivity contribution is 0.908. The summed E-state index contributed by atoms with van der Waals surface area (Å²) in [4.78, 5) is 1.37. The smallest absolute Gasteiger partial charge is 0.0578 e. The summed E-state index contributed by atoms with van der Waals surface area (Å²) in [6.45, 7) is 2.19. The summed E-state index contributed by atoms with van der Waals surface area (Å²) < 4.78 is 1.26. The largest absolute Gasteiger partial charge is 0.378 e. The molecule has 1 aromatic heterocycles. The van der Waals surface area contributed by atoms with Crippen molar-refractivity contribution >= 4 is 39.6 Å². The Morgan fingerprint density at radius 2 is 2.13 bits per heavy atom. The molecule has 3 heteroatoms. The number of hydrogen-bond donors (Lipinski definition) is 1. The molecule has 0 bridgehead atoms. The van der Waals surface area contributed by atoms with Crippen molar-refractivity contribution in [1.82, 2.24) is 0 Å². The number of hydrogen-bond acceptors (Lipinski definition) is 2. The molecule has 0 aliphatic carbocycles. The zero-order chi connectivity index (χ0) is 10.7. The SMILES string of the molecule is CC(Nc1cccc(I)c1)c1cccs1. The van der Waals surface area contributed by atoms with Crippen LogP contribution in [0.2, 0.25) is 0 Å². The van der Waals surface area contributed by atoms with Crippen molar-refractivity contribution < 1.29 is 0 Å². The highest BCUT2D eigenvalue weighted by atomic mass is 127. The maximum absolute atomic E-state index is 3.49. The molecule has 15 heavy (non-hydrogen) atoms. The zero-order valence-electron chi connectivity index (χ0n) is 8.41. The average Bonchev–Trinajstić information content (AvgIpc) is 2.70. The molecule has 78 valence electrons. The number of halogens is 1. The Morgan fingerprint density at radius 1 is 1.27 bits per heavy atom. The van der Waals surface area contributed by atoms with Crippen molar-refractivity contribution in [2.24, 2.45) is 0 Å². The summed E-state index contributed by atoms with van der Waals surface area (Å²) in [5, 5.41) is 5.60. The van der Waals surface area contributed by atoms with Crippen LogP contribution in [-0.4, -0.2) is 0 Å². The Bertz CT molecular complexity index is 425. The van der Waals surface area contributed by atoms with Crippen molar-refractivity contribution in [2.75, 3.05) is 5.32 Å². The number of rotatable bonds is 3. The van der Waals surface area contributed by atoms with Crippen LogP contribution in [-0.2, 0) is 0 Å². The van der Waals surface area contributed by atoms with Gasteiger partial charge in [-0.25, -0.2) is 0 Å². The van der Waals surface area contributed by atoms with Gasteiger partial charge in [0.05, 0.1) is 6.04 Å². The second-order valence-electron chi connectivity index (χ2n) is 3.39. The molecular weight excluding hydrogens is 317 g/mol. The van der Waals surface area contributed by atoms with E-state index in [9.17, 15) is 0 Å². The lowest BCUT2D eigenvalue weighted by Crippen LogP contribution is -2.04. The maximum atomic E-state index is 3.49. The van der Waals surface area contributed by atoms with Gasteiger partial charge in [0.25, 0.3) is 0 Å². The normalized spacial score (nSPS) is 12.4. The number of thiophene rings is 1. The monoisotopic (exact) mass is 329 g/mol. The first-order chi connectivity index (χ1) is 7.25. The number of nitrogens with one attached hydrogen (secondary N) is 1. The molecule has 0 saturated heterocycles. The molecule has 0 spiro atoms. The van der Waals surface area contributed by atoms with E-state index in [1.54, 1.807) is 11.3 Å². The average molecular weight is 329 g/mol. The van der Waals surface area contributed by atoms with Crippen molar-refractivity contribution in [1.29, 1.82) is 0 Å². The van der Waals surface area contributed by atoms with Crippen LogP contribution in [0.4, 0.5) is 5.69 Å². The molecule has 1 heterocycles. The highest BCUT2D eigenvalue weighted by molar-refractivity contribution is 14.1. The zero-order valence-corrected chi connectivity index (χ0v) is 11.4. The molecule has 1 aromatic carbocycles. The molecule has 0 aliphatic heterocycles. The fraction of sp³-hybridized carbons (Fsp3) is 0.167. The Labute approximate surface area is 108 Å². The van der Waals surface area contributed by atoms with E-state index in [0.717, 1.165) is 0 Å². The molecule has 0 amide bonds. The van der Waals surface area contributed by atoms with Crippen molar-refractivity contribution in [3.8, 4) is 0 Å². The maximum Gasteiger partial charge on any atom is 0.0578 e. The lowest BCUT2D eigenvalue weighted by atomic mass is 10.2. The van der Waals surface area contributed by atoms with Gasteiger partial charge in [0, 0.05) is 14.1 Å². The molecule has 1 unspecified atom stereocenters. The molecule has 1 N–H and O–H groups in total. The summed E-state index contributed by atoms with van der Waals surface area (Å²) >= 11 is 4.12. The van der Waals surface area contributed by atoms with Crippen molar-refractivity contribution in [2.45, 2.75) is 13.0 Å². The minimum atomic E-state index is 0.378. The van der Waals surface area contributed by atoms with Crippen LogP contribution >= 0.6 is 33.9 Å². The Morgan fingerprint density at radius 3 is 2.80 bits per heavy atom. The van der Waals surface area contributed by atoms with E-state index in [2.05, 4.69) is 76.6 Å². The second kappa shape index (κ2) is 4.99. The highest BCUT2D eigenvalue weighted by Gasteiger charge is 2.05. The first-order valence-corrected chi connectivity index (χ1v) is 6.77. The van der Waals surface area contributed by atoms with Gasteiger partial charge in [-0.1, -0.05) is 12.1 Å². The van der Waals surface area contributed by atoms with E-state index in [1.165, 1.54) is 14.1 Å². The van der Waals surface area contributed by atoms with E-state index in [-0.39, 0.29) is 0 Å². The van der Waals surface area contributed by atoms with Gasteiger partial charge in [0.15, 0.2) is 0 Å². The molecule has 0 radical (unpaired) electrons. The van der Waals surface area contributed by atoms with Crippen LogP contribution in [0.3, 0.4) is 0 Å². The molecule has 1 nitrogen and oxygen atoms in total. The predicted molar refractivity (Wildman–Crippen MR) is 75.5 cm³/mol. The van der Waals surface area contributed by atoms with Gasteiger partial charge < -0.3 is 5.32 Å². The quantitative estimate of drug-likeness (QED) is 0.816. The van der Waals surface area contributed by atoms with E-state index >= 15 is 0 Å². The van der Waals surface area contributed by atoms with Gasteiger partial charge in [-0.2, -0.15) is 0 Å². The first kappa shape index (κ1) is 11.0.